The number of aliphatic carboxylic acids is 1. The number of rotatable bonds is 9. The minimum atomic E-state index is -4.28. The Labute approximate surface area is 241 Å². The van der Waals surface area contributed by atoms with Gasteiger partial charge < -0.3 is 10.4 Å². The highest BCUT2D eigenvalue weighted by atomic mass is 35.5. The van der Waals surface area contributed by atoms with Gasteiger partial charge >= 0.3 is 5.97 Å². The van der Waals surface area contributed by atoms with Gasteiger partial charge in [-0.25, -0.2) is 25.6 Å². The molecule has 4 aromatic rings. The summed E-state index contributed by atoms with van der Waals surface area (Å²) in [6.07, 6.45) is 2.15. The third-order valence-electron chi connectivity index (χ3n) is 5.93. The zero-order chi connectivity index (χ0) is 29.2. The lowest BCUT2D eigenvalue weighted by Crippen LogP contribution is -2.43. The fraction of sp³-hybridized carbons (Fsp3) is 0.111. The summed E-state index contributed by atoms with van der Waals surface area (Å²) in [6, 6.07) is 18.0. The molecule has 1 atom stereocenters. The second-order valence-electron chi connectivity index (χ2n) is 8.83. The van der Waals surface area contributed by atoms with Gasteiger partial charge in [-0.05, 0) is 47.5 Å². The molecule has 0 saturated heterocycles. The Morgan fingerprint density at radius 2 is 1.52 bits per heavy atom. The maximum absolute atomic E-state index is 13.2. The van der Waals surface area contributed by atoms with Crippen molar-refractivity contribution in [3.63, 3.8) is 0 Å². The van der Waals surface area contributed by atoms with Crippen molar-refractivity contribution in [1.29, 1.82) is 0 Å². The van der Waals surface area contributed by atoms with Crippen molar-refractivity contribution in [1.82, 2.24) is 9.29 Å². The third-order valence-corrected chi connectivity index (χ3v) is 9.19. The third kappa shape index (κ3) is 6.39. The molecular formula is C27H22Cl2N2O7S2. The summed E-state index contributed by atoms with van der Waals surface area (Å²) in [5, 5.41) is 12.3. The summed E-state index contributed by atoms with van der Waals surface area (Å²) in [7, 11) is -7.76. The van der Waals surface area contributed by atoms with Gasteiger partial charge in [-0.15, -0.1) is 0 Å². The lowest BCUT2D eigenvalue weighted by Gasteiger charge is -2.16. The predicted octanol–water partition coefficient (Wildman–Crippen LogP) is 4.53. The Bertz CT molecular complexity index is 1800. The first-order valence-electron chi connectivity index (χ1n) is 11.6. The molecule has 0 aliphatic heterocycles. The number of carbonyl (C=O) groups excluding carboxylic acids is 1. The summed E-state index contributed by atoms with van der Waals surface area (Å²) in [6.45, 7) is 0. The number of sulfone groups is 1. The van der Waals surface area contributed by atoms with Crippen LogP contribution < -0.4 is 5.32 Å². The van der Waals surface area contributed by atoms with Gasteiger partial charge in [0, 0.05) is 34.5 Å². The van der Waals surface area contributed by atoms with Crippen LogP contribution in [-0.2, 0) is 31.1 Å². The number of hydrogen-bond acceptors (Lipinski definition) is 6. The number of carboxylic acids is 1. The minimum Gasteiger partial charge on any atom is -0.480 e. The molecule has 0 bridgehead atoms. The Kier molecular flexibility index (Phi) is 8.41. The second-order valence-corrected chi connectivity index (χ2v) is 13.5. The van der Waals surface area contributed by atoms with Gasteiger partial charge in [0.2, 0.25) is 0 Å². The van der Waals surface area contributed by atoms with Crippen LogP contribution in [0.4, 0.5) is 0 Å². The van der Waals surface area contributed by atoms with E-state index >= 15 is 0 Å². The van der Waals surface area contributed by atoms with Crippen LogP contribution >= 0.6 is 23.2 Å². The fourth-order valence-corrected chi connectivity index (χ4v) is 7.04. The number of amides is 1. The van der Waals surface area contributed by atoms with E-state index in [1.54, 1.807) is 42.5 Å². The van der Waals surface area contributed by atoms with E-state index in [0.717, 1.165) is 16.4 Å². The Morgan fingerprint density at radius 1 is 0.900 bits per heavy atom. The first kappa shape index (κ1) is 29.3. The first-order valence-corrected chi connectivity index (χ1v) is 15.7. The molecule has 0 unspecified atom stereocenters. The number of nitrogens with zero attached hydrogens (tertiary/aromatic N) is 1. The van der Waals surface area contributed by atoms with Crippen molar-refractivity contribution < 1.29 is 31.5 Å². The van der Waals surface area contributed by atoms with Crippen LogP contribution in [0.1, 0.15) is 16.1 Å². The number of nitrogens with one attached hydrogen (secondary N) is 1. The lowest BCUT2D eigenvalue weighted by molar-refractivity contribution is -0.139. The zero-order valence-corrected chi connectivity index (χ0v) is 23.9. The molecule has 40 heavy (non-hydrogen) atoms. The molecular weight excluding hydrogens is 599 g/mol. The molecule has 0 fully saturated rings. The van der Waals surface area contributed by atoms with Crippen LogP contribution in [0.2, 0.25) is 10.0 Å². The predicted molar refractivity (Wildman–Crippen MR) is 151 cm³/mol. The molecule has 208 valence electrons. The second kappa shape index (κ2) is 11.5. The molecule has 1 aromatic heterocycles. The van der Waals surface area contributed by atoms with Gasteiger partial charge in [0.15, 0.2) is 9.84 Å². The van der Waals surface area contributed by atoms with Crippen molar-refractivity contribution in [2.75, 3.05) is 6.26 Å². The van der Waals surface area contributed by atoms with Gasteiger partial charge in [-0.3, -0.25) is 4.79 Å². The number of hydrogen-bond donors (Lipinski definition) is 2. The molecule has 3 aromatic carbocycles. The molecule has 0 saturated carbocycles. The van der Waals surface area contributed by atoms with E-state index in [1.807, 2.05) is 0 Å². The van der Waals surface area contributed by atoms with Gasteiger partial charge in [0.05, 0.1) is 9.79 Å². The van der Waals surface area contributed by atoms with Crippen LogP contribution in [0.15, 0.2) is 94.9 Å². The van der Waals surface area contributed by atoms with Crippen molar-refractivity contribution in [3.05, 3.63) is 106 Å². The van der Waals surface area contributed by atoms with E-state index in [2.05, 4.69) is 5.32 Å². The van der Waals surface area contributed by atoms with Gasteiger partial charge in [-0.1, -0.05) is 65.7 Å². The van der Waals surface area contributed by atoms with Crippen LogP contribution in [0.5, 0.6) is 0 Å². The number of benzene rings is 3. The molecule has 0 spiro atoms. The average molecular weight is 622 g/mol. The van der Waals surface area contributed by atoms with E-state index in [9.17, 15) is 31.5 Å². The average Bonchev–Trinajstić information content (AvgIpc) is 3.39. The summed E-state index contributed by atoms with van der Waals surface area (Å²) in [4.78, 5) is 25.0. The molecule has 1 amide bonds. The van der Waals surface area contributed by atoms with Crippen LogP contribution in [0, 0.1) is 0 Å². The number of halogens is 2. The molecule has 0 radical (unpaired) electrons. The highest BCUT2D eigenvalue weighted by molar-refractivity contribution is 7.91. The van der Waals surface area contributed by atoms with E-state index in [4.69, 9.17) is 23.2 Å². The van der Waals surface area contributed by atoms with Crippen molar-refractivity contribution in [2.24, 2.45) is 0 Å². The van der Waals surface area contributed by atoms with Gasteiger partial charge in [-0.2, -0.15) is 0 Å². The minimum absolute atomic E-state index is 0.0843. The molecule has 1 heterocycles. The monoisotopic (exact) mass is 620 g/mol. The standard InChI is InChI=1S/C27H22Cl2N2O7S2/c1-39(35,36)25-7-3-2-5-22(25)18-10-8-17(9-11-18)13-23(27(33)34)30-26(32)24-6-4-12-31(24)40(37,38)21-15-19(28)14-20(29)16-21/h2-12,14-16,23H,13H2,1H3,(H,30,32)(H,33,34)/t23-/m0/s1. The fourth-order valence-electron chi connectivity index (χ4n) is 4.06. The number of aromatic nitrogens is 1. The van der Waals surface area contributed by atoms with Crippen LogP contribution in [-0.4, -0.2) is 50.1 Å². The van der Waals surface area contributed by atoms with Crippen LogP contribution in [0.3, 0.4) is 0 Å². The van der Waals surface area contributed by atoms with Crippen molar-refractivity contribution in [2.45, 2.75) is 22.3 Å². The molecule has 0 aliphatic carbocycles. The molecule has 0 aliphatic rings. The van der Waals surface area contributed by atoms with E-state index in [1.165, 1.54) is 36.4 Å². The Balaban J connectivity index is 1.56. The zero-order valence-electron chi connectivity index (χ0n) is 20.8. The summed E-state index contributed by atoms with van der Waals surface area (Å²) in [5.74, 6) is -2.25. The summed E-state index contributed by atoms with van der Waals surface area (Å²) < 4.78 is 51.4. The van der Waals surface area contributed by atoms with Crippen LogP contribution in [0.25, 0.3) is 11.1 Å². The highest BCUT2D eigenvalue weighted by Crippen LogP contribution is 2.28. The smallest absolute Gasteiger partial charge is 0.326 e. The Hall–Kier alpha value is -3.64. The van der Waals surface area contributed by atoms with Gasteiger partial charge in [0.1, 0.15) is 11.7 Å². The summed E-state index contributed by atoms with van der Waals surface area (Å²) >= 11 is 11.9. The largest absolute Gasteiger partial charge is 0.480 e. The Morgan fingerprint density at radius 3 is 2.12 bits per heavy atom. The van der Waals surface area contributed by atoms with Crippen molar-refractivity contribution in [3.8, 4) is 11.1 Å². The van der Waals surface area contributed by atoms with E-state index in [-0.39, 0.29) is 32.0 Å². The maximum atomic E-state index is 13.2. The lowest BCUT2D eigenvalue weighted by atomic mass is 10.0. The number of carboxylic acid groups (broad SMARTS) is 1. The van der Waals surface area contributed by atoms with E-state index < -0.39 is 37.8 Å². The number of carbonyl (C=O) groups is 2. The molecule has 4 rings (SSSR count). The maximum Gasteiger partial charge on any atom is 0.326 e. The SMILES string of the molecule is CS(=O)(=O)c1ccccc1-c1ccc(C[C@H](NC(=O)c2cccn2S(=O)(=O)c2cc(Cl)cc(Cl)c2)C(=O)O)cc1. The topological polar surface area (TPSA) is 140 Å². The molecule has 9 nitrogen and oxygen atoms in total. The highest BCUT2D eigenvalue weighted by Gasteiger charge is 2.27. The molecule has 13 heteroatoms. The quantitative estimate of drug-likeness (QED) is 0.280. The normalized spacial score (nSPS) is 12.6. The first-order chi connectivity index (χ1) is 18.8. The summed E-state index contributed by atoms with van der Waals surface area (Å²) in [5.41, 5.74) is 1.35. The van der Waals surface area contributed by atoms with E-state index in [0.29, 0.717) is 16.7 Å². The van der Waals surface area contributed by atoms with Gasteiger partial charge in [0.25, 0.3) is 15.9 Å². The van der Waals surface area contributed by atoms with Crippen molar-refractivity contribution >= 4 is 54.9 Å². The molecule has 2 N–H and O–H groups in total.